The standard InChI is InChI=1S/C20H28N4O3/c25-15-20(7-3-1-4-8-20)14-21-18(26)17-16-6-2-5-9-24(16)19(22-17)23-10-12-27-13-11-23/h2,5-6,9,25H,1,3-4,7-8,10-15H2,(H,21,26)/p+1. The predicted molar refractivity (Wildman–Crippen MR) is 102 cm³/mol. The number of aromatic nitrogens is 2. The van der Waals surface area contributed by atoms with Crippen LogP contribution in [0.15, 0.2) is 24.4 Å². The van der Waals surface area contributed by atoms with Crippen molar-refractivity contribution in [2.45, 2.75) is 32.1 Å². The van der Waals surface area contributed by atoms with Gasteiger partial charge in [0.25, 0.3) is 5.91 Å². The molecule has 2 aromatic heterocycles. The van der Waals surface area contributed by atoms with Crippen LogP contribution in [-0.2, 0) is 4.74 Å². The average molecular weight is 373 g/mol. The molecule has 3 N–H and O–H groups in total. The number of aliphatic hydroxyl groups excluding tert-OH is 1. The SMILES string of the molecule is O=C(NCC1(CO)CCCCC1)c1[nH]c(N2CCOCC2)[n+]2ccccc12. The smallest absolute Gasteiger partial charge is 0.363 e. The Morgan fingerprint density at radius 3 is 2.78 bits per heavy atom. The Morgan fingerprint density at radius 1 is 1.26 bits per heavy atom. The lowest BCUT2D eigenvalue weighted by atomic mass is 9.74. The van der Waals surface area contributed by atoms with Gasteiger partial charge in [0.1, 0.15) is 0 Å². The largest absolute Gasteiger partial charge is 0.396 e. The fourth-order valence-electron chi connectivity index (χ4n) is 4.30. The molecule has 146 valence electrons. The van der Waals surface area contributed by atoms with E-state index in [0.717, 1.165) is 50.2 Å². The first-order valence-electron chi connectivity index (χ1n) is 9.97. The number of aliphatic hydroxyl groups is 1. The number of H-pyrrole nitrogens is 1. The van der Waals surface area contributed by atoms with Gasteiger partial charge in [0.2, 0.25) is 5.69 Å². The molecule has 1 amide bonds. The molecule has 0 bridgehead atoms. The number of carbonyl (C=O) groups is 1. The Hall–Kier alpha value is -2.12. The minimum Gasteiger partial charge on any atom is -0.396 e. The summed E-state index contributed by atoms with van der Waals surface area (Å²) in [6.45, 7) is 3.63. The van der Waals surface area contributed by atoms with Gasteiger partial charge in [-0.2, -0.15) is 0 Å². The Labute approximate surface area is 159 Å². The number of rotatable bonds is 5. The number of ether oxygens (including phenoxy) is 1. The summed E-state index contributed by atoms with van der Waals surface area (Å²) in [6.07, 6.45) is 7.39. The van der Waals surface area contributed by atoms with Gasteiger partial charge in [-0.15, -0.1) is 0 Å². The highest BCUT2D eigenvalue weighted by atomic mass is 16.5. The van der Waals surface area contributed by atoms with Crippen molar-refractivity contribution in [1.29, 1.82) is 0 Å². The number of carbonyl (C=O) groups excluding carboxylic acids is 1. The lowest BCUT2D eigenvalue weighted by Gasteiger charge is -2.35. The minimum absolute atomic E-state index is 0.114. The summed E-state index contributed by atoms with van der Waals surface area (Å²) in [5.74, 6) is 0.796. The lowest BCUT2D eigenvalue weighted by Crippen LogP contribution is -2.41. The van der Waals surface area contributed by atoms with E-state index in [-0.39, 0.29) is 17.9 Å². The number of pyridine rings is 1. The maximum Gasteiger partial charge on any atom is 0.363 e. The summed E-state index contributed by atoms with van der Waals surface area (Å²) in [5, 5.41) is 13.0. The number of fused-ring (bicyclic) bond motifs is 1. The molecule has 3 heterocycles. The second-order valence-electron chi connectivity index (χ2n) is 7.78. The Bertz CT molecular complexity index is 792. The number of hydrogen-bond donors (Lipinski definition) is 3. The van der Waals surface area contributed by atoms with Crippen LogP contribution in [0.2, 0.25) is 0 Å². The number of aromatic amines is 1. The van der Waals surface area contributed by atoms with Gasteiger partial charge >= 0.3 is 5.95 Å². The van der Waals surface area contributed by atoms with Crippen LogP contribution in [0.3, 0.4) is 0 Å². The van der Waals surface area contributed by atoms with E-state index in [1.807, 2.05) is 28.8 Å². The summed E-state index contributed by atoms with van der Waals surface area (Å²) >= 11 is 0. The van der Waals surface area contributed by atoms with Crippen molar-refractivity contribution in [3.05, 3.63) is 30.1 Å². The van der Waals surface area contributed by atoms with E-state index >= 15 is 0 Å². The number of hydrogen-bond acceptors (Lipinski definition) is 4. The van der Waals surface area contributed by atoms with Crippen molar-refractivity contribution in [2.75, 3.05) is 44.4 Å². The molecule has 27 heavy (non-hydrogen) atoms. The summed E-state index contributed by atoms with van der Waals surface area (Å²) in [7, 11) is 0. The van der Waals surface area contributed by atoms with Crippen LogP contribution in [0, 0.1) is 5.41 Å². The van der Waals surface area contributed by atoms with E-state index in [1.165, 1.54) is 6.42 Å². The fraction of sp³-hybridized carbons (Fsp3) is 0.600. The van der Waals surface area contributed by atoms with Crippen molar-refractivity contribution < 1.29 is 19.0 Å². The van der Waals surface area contributed by atoms with Crippen LogP contribution in [0.4, 0.5) is 5.95 Å². The Balaban J connectivity index is 1.56. The molecule has 0 aromatic carbocycles. The zero-order valence-corrected chi connectivity index (χ0v) is 15.7. The highest BCUT2D eigenvalue weighted by molar-refractivity contribution is 5.98. The quantitative estimate of drug-likeness (QED) is 0.690. The topological polar surface area (TPSA) is 81.7 Å². The molecule has 0 radical (unpaired) electrons. The molecule has 1 saturated carbocycles. The van der Waals surface area contributed by atoms with E-state index < -0.39 is 0 Å². The molecular weight excluding hydrogens is 344 g/mol. The lowest BCUT2D eigenvalue weighted by molar-refractivity contribution is -0.497. The predicted octanol–water partition coefficient (Wildman–Crippen LogP) is 1.26. The summed E-state index contributed by atoms with van der Waals surface area (Å²) < 4.78 is 7.48. The monoisotopic (exact) mass is 373 g/mol. The number of nitrogens with zero attached hydrogens (tertiary/aromatic N) is 2. The van der Waals surface area contributed by atoms with Crippen molar-refractivity contribution in [2.24, 2.45) is 5.41 Å². The van der Waals surface area contributed by atoms with Crippen LogP contribution >= 0.6 is 0 Å². The third-order valence-electron chi connectivity index (χ3n) is 5.99. The van der Waals surface area contributed by atoms with Crippen LogP contribution in [0.1, 0.15) is 42.6 Å². The van der Waals surface area contributed by atoms with Crippen molar-refractivity contribution >= 4 is 17.4 Å². The number of imidazole rings is 1. The molecule has 2 fully saturated rings. The van der Waals surface area contributed by atoms with Crippen LogP contribution in [0.5, 0.6) is 0 Å². The molecule has 1 aliphatic heterocycles. The molecule has 7 nitrogen and oxygen atoms in total. The van der Waals surface area contributed by atoms with Gasteiger partial charge in [-0.3, -0.25) is 9.69 Å². The van der Waals surface area contributed by atoms with Gasteiger partial charge in [0, 0.05) is 12.0 Å². The van der Waals surface area contributed by atoms with Gasteiger partial charge in [-0.1, -0.05) is 25.3 Å². The summed E-state index contributed by atoms with van der Waals surface area (Å²) in [6, 6.07) is 5.87. The van der Waals surface area contributed by atoms with Gasteiger partial charge in [0.05, 0.1) is 39.1 Å². The zero-order valence-electron chi connectivity index (χ0n) is 15.7. The van der Waals surface area contributed by atoms with Crippen molar-refractivity contribution in [3.63, 3.8) is 0 Å². The molecule has 2 aliphatic rings. The highest BCUT2D eigenvalue weighted by Crippen LogP contribution is 2.35. The summed E-state index contributed by atoms with van der Waals surface area (Å²) in [4.78, 5) is 18.5. The van der Waals surface area contributed by atoms with E-state index in [2.05, 4.69) is 15.2 Å². The van der Waals surface area contributed by atoms with Gasteiger partial charge in [-0.25, -0.2) is 9.38 Å². The molecule has 0 spiro atoms. The van der Waals surface area contributed by atoms with E-state index in [1.54, 1.807) is 0 Å². The van der Waals surface area contributed by atoms with Crippen molar-refractivity contribution in [1.82, 2.24) is 10.3 Å². The van der Waals surface area contributed by atoms with Gasteiger partial charge < -0.3 is 15.2 Å². The highest BCUT2D eigenvalue weighted by Gasteiger charge is 2.33. The number of morpholine rings is 1. The van der Waals surface area contributed by atoms with Crippen molar-refractivity contribution in [3.8, 4) is 0 Å². The van der Waals surface area contributed by atoms with Crippen LogP contribution in [-0.4, -0.2) is 55.5 Å². The average Bonchev–Trinajstić information content (AvgIpc) is 3.13. The minimum atomic E-state index is -0.170. The fourth-order valence-corrected chi connectivity index (χ4v) is 4.30. The number of amides is 1. The molecule has 2 aromatic rings. The first-order valence-corrected chi connectivity index (χ1v) is 9.97. The zero-order chi connectivity index (χ0) is 18.7. The maximum absolute atomic E-state index is 13.0. The van der Waals surface area contributed by atoms with E-state index in [4.69, 9.17) is 4.74 Å². The molecule has 0 atom stereocenters. The molecule has 4 rings (SSSR count). The molecule has 0 unspecified atom stereocenters. The Morgan fingerprint density at radius 2 is 2.04 bits per heavy atom. The van der Waals surface area contributed by atoms with Crippen LogP contribution < -0.4 is 14.6 Å². The van der Waals surface area contributed by atoms with E-state index in [9.17, 15) is 9.90 Å². The third kappa shape index (κ3) is 3.66. The van der Waals surface area contributed by atoms with E-state index in [0.29, 0.717) is 25.5 Å². The first-order chi connectivity index (χ1) is 13.2. The molecule has 1 saturated heterocycles. The second-order valence-corrected chi connectivity index (χ2v) is 7.78. The third-order valence-corrected chi connectivity index (χ3v) is 5.99. The van der Waals surface area contributed by atoms with Crippen LogP contribution in [0.25, 0.3) is 5.52 Å². The normalized spacial score (nSPS) is 20.0. The molecular formula is C20H29N4O3+. The number of nitrogens with one attached hydrogen (secondary N) is 2. The number of anilines is 1. The van der Waals surface area contributed by atoms with Gasteiger partial charge in [-0.05, 0) is 25.0 Å². The maximum atomic E-state index is 13.0. The first kappa shape index (κ1) is 18.3. The Kier molecular flexibility index (Phi) is 5.31. The second kappa shape index (κ2) is 7.86. The summed E-state index contributed by atoms with van der Waals surface area (Å²) in [5.41, 5.74) is 1.26. The molecule has 7 heteroatoms. The molecule has 1 aliphatic carbocycles. The van der Waals surface area contributed by atoms with Gasteiger partial charge in [0.15, 0.2) is 5.52 Å².